The van der Waals surface area contributed by atoms with Gasteiger partial charge in [0.15, 0.2) is 15.6 Å². The van der Waals surface area contributed by atoms with Gasteiger partial charge in [-0.25, -0.2) is 8.42 Å². The van der Waals surface area contributed by atoms with Crippen molar-refractivity contribution in [1.82, 2.24) is 0 Å². The predicted octanol–water partition coefficient (Wildman–Crippen LogP) is -0.485. The number of Topliss-reactive ketones (excluding diaryl/α,β-unsaturated/α-hetero) is 1. The maximum atomic E-state index is 10.9. The molecule has 0 spiro atoms. The highest BCUT2D eigenvalue weighted by Crippen LogP contribution is 2.24. The molecule has 70 valence electrons. The zero-order valence-corrected chi connectivity index (χ0v) is 7.73. The normalized spacial score (nSPS) is 26.5. The van der Waals surface area contributed by atoms with E-state index in [1.807, 2.05) is 0 Å². The standard InChI is InChI=1S/C7H12O4S/c1-6(8)7(9)2-4-12(10,11)5-3-7/h9H,2-5H2,1H3. The molecule has 1 saturated heterocycles. The Kier molecular flexibility index (Phi) is 2.27. The summed E-state index contributed by atoms with van der Waals surface area (Å²) in [6.07, 6.45) is 0.0926. The van der Waals surface area contributed by atoms with Gasteiger partial charge in [-0.2, -0.15) is 0 Å². The summed E-state index contributed by atoms with van der Waals surface area (Å²) in [5, 5.41) is 9.57. The summed E-state index contributed by atoms with van der Waals surface area (Å²) >= 11 is 0. The van der Waals surface area contributed by atoms with Crippen molar-refractivity contribution in [2.45, 2.75) is 25.4 Å². The largest absolute Gasteiger partial charge is 0.382 e. The van der Waals surface area contributed by atoms with Crippen molar-refractivity contribution in [2.75, 3.05) is 11.5 Å². The molecule has 0 unspecified atom stereocenters. The van der Waals surface area contributed by atoms with Crippen LogP contribution in [0, 0.1) is 0 Å². The molecule has 0 amide bonds. The predicted molar refractivity (Wildman–Crippen MR) is 43.5 cm³/mol. The van der Waals surface area contributed by atoms with E-state index in [0.717, 1.165) is 0 Å². The zero-order chi connectivity index (χ0) is 9.41. The summed E-state index contributed by atoms with van der Waals surface area (Å²) < 4.78 is 21.9. The molecule has 1 fully saturated rings. The van der Waals surface area contributed by atoms with E-state index in [1.165, 1.54) is 6.92 Å². The second-order valence-electron chi connectivity index (χ2n) is 3.24. The summed E-state index contributed by atoms with van der Waals surface area (Å²) in [5.74, 6) is -0.496. The molecule has 12 heavy (non-hydrogen) atoms. The molecule has 0 aromatic rings. The van der Waals surface area contributed by atoms with E-state index < -0.39 is 15.4 Å². The van der Waals surface area contributed by atoms with Gasteiger partial charge in [-0.05, 0) is 19.8 Å². The van der Waals surface area contributed by atoms with E-state index >= 15 is 0 Å². The molecule has 1 rings (SSSR count). The summed E-state index contributed by atoms with van der Waals surface area (Å²) in [5.41, 5.74) is -1.38. The minimum absolute atomic E-state index is 0.0463. The summed E-state index contributed by atoms with van der Waals surface area (Å²) in [7, 11) is -3.00. The lowest BCUT2D eigenvalue weighted by Gasteiger charge is -2.28. The van der Waals surface area contributed by atoms with E-state index in [-0.39, 0.29) is 30.1 Å². The van der Waals surface area contributed by atoms with E-state index in [2.05, 4.69) is 0 Å². The van der Waals surface area contributed by atoms with Crippen LogP contribution in [-0.4, -0.2) is 36.4 Å². The monoisotopic (exact) mass is 192 g/mol. The fraction of sp³-hybridized carbons (Fsp3) is 0.857. The topological polar surface area (TPSA) is 71.4 Å². The Balaban J connectivity index is 2.74. The molecule has 1 heterocycles. The molecule has 1 N–H and O–H groups in total. The van der Waals surface area contributed by atoms with Crippen molar-refractivity contribution >= 4 is 15.6 Å². The smallest absolute Gasteiger partial charge is 0.161 e. The Morgan fingerprint density at radius 3 is 2.08 bits per heavy atom. The minimum atomic E-state index is -3.00. The molecule has 0 aromatic carbocycles. The molecule has 0 aliphatic carbocycles. The van der Waals surface area contributed by atoms with Crippen LogP contribution in [0.3, 0.4) is 0 Å². The molecular formula is C7H12O4S. The lowest BCUT2D eigenvalue weighted by atomic mass is 9.93. The number of carbonyl (C=O) groups is 1. The number of hydrogen-bond donors (Lipinski definition) is 1. The highest BCUT2D eigenvalue weighted by Gasteiger charge is 2.38. The quantitative estimate of drug-likeness (QED) is 0.609. The second-order valence-corrected chi connectivity index (χ2v) is 5.54. The maximum absolute atomic E-state index is 10.9. The Labute approximate surface area is 71.5 Å². The van der Waals surface area contributed by atoms with Gasteiger partial charge in [-0.15, -0.1) is 0 Å². The highest BCUT2D eigenvalue weighted by atomic mass is 32.2. The molecule has 0 radical (unpaired) electrons. The van der Waals surface area contributed by atoms with E-state index in [1.54, 1.807) is 0 Å². The Bertz CT molecular complexity index is 277. The molecule has 1 aliphatic rings. The first-order valence-corrected chi connectivity index (χ1v) is 5.62. The maximum Gasteiger partial charge on any atom is 0.161 e. The van der Waals surface area contributed by atoms with Gasteiger partial charge >= 0.3 is 0 Å². The Morgan fingerprint density at radius 2 is 1.75 bits per heavy atom. The molecule has 0 bridgehead atoms. The van der Waals surface area contributed by atoms with E-state index in [0.29, 0.717) is 0 Å². The molecule has 5 heteroatoms. The summed E-state index contributed by atoms with van der Waals surface area (Å²) in [6, 6.07) is 0. The van der Waals surface area contributed by atoms with Gasteiger partial charge in [-0.3, -0.25) is 4.79 Å². The SMILES string of the molecule is CC(=O)C1(O)CCS(=O)(=O)CC1. The van der Waals surface area contributed by atoms with Gasteiger partial charge in [0.25, 0.3) is 0 Å². The number of ketones is 1. The van der Waals surface area contributed by atoms with Gasteiger partial charge in [0.2, 0.25) is 0 Å². The number of rotatable bonds is 1. The molecule has 0 aromatic heterocycles. The van der Waals surface area contributed by atoms with Crippen LogP contribution in [0.5, 0.6) is 0 Å². The average Bonchev–Trinajstić information content (AvgIpc) is 1.96. The third kappa shape index (κ3) is 1.84. The highest BCUT2D eigenvalue weighted by molar-refractivity contribution is 7.91. The number of sulfone groups is 1. The van der Waals surface area contributed by atoms with Crippen LogP contribution in [0.25, 0.3) is 0 Å². The molecular weight excluding hydrogens is 180 g/mol. The fourth-order valence-electron chi connectivity index (χ4n) is 1.23. The Hall–Kier alpha value is -0.420. The van der Waals surface area contributed by atoms with Gasteiger partial charge in [0.05, 0.1) is 11.5 Å². The lowest BCUT2D eigenvalue weighted by Crippen LogP contribution is -2.44. The van der Waals surface area contributed by atoms with Crippen LogP contribution in [-0.2, 0) is 14.6 Å². The van der Waals surface area contributed by atoms with Crippen molar-refractivity contribution in [3.63, 3.8) is 0 Å². The van der Waals surface area contributed by atoms with E-state index in [4.69, 9.17) is 0 Å². The molecule has 1 aliphatic heterocycles. The zero-order valence-electron chi connectivity index (χ0n) is 6.91. The van der Waals surface area contributed by atoms with Crippen molar-refractivity contribution < 1.29 is 18.3 Å². The van der Waals surface area contributed by atoms with Gasteiger partial charge in [0, 0.05) is 0 Å². The van der Waals surface area contributed by atoms with Crippen molar-refractivity contribution in [3.05, 3.63) is 0 Å². The molecule has 0 atom stereocenters. The minimum Gasteiger partial charge on any atom is -0.382 e. The van der Waals surface area contributed by atoms with Crippen LogP contribution < -0.4 is 0 Å². The van der Waals surface area contributed by atoms with E-state index in [9.17, 15) is 18.3 Å². The fourth-order valence-corrected chi connectivity index (χ4v) is 2.73. The first-order valence-electron chi connectivity index (χ1n) is 3.80. The molecule has 0 saturated carbocycles. The van der Waals surface area contributed by atoms with Crippen LogP contribution in [0.2, 0.25) is 0 Å². The van der Waals surface area contributed by atoms with Crippen LogP contribution in [0.15, 0.2) is 0 Å². The van der Waals surface area contributed by atoms with Gasteiger partial charge < -0.3 is 5.11 Å². The van der Waals surface area contributed by atoms with Gasteiger partial charge in [-0.1, -0.05) is 0 Å². The Morgan fingerprint density at radius 1 is 1.33 bits per heavy atom. The summed E-state index contributed by atoms with van der Waals surface area (Å²) in [6.45, 7) is 1.29. The number of hydrogen-bond acceptors (Lipinski definition) is 4. The van der Waals surface area contributed by atoms with Gasteiger partial charge in [0.1, 0.15) is 5.60 Å². The average molecular weight is 192 g/mol. The third-order valence-electron chi connectivity index (χ3n) is 2.31. The van der Waals surface area contributed by atoms with Crippen molar-refractivity contribution in [2.24, 2.45) is 0 Å². The first-order chi connectivity index (χ1) is 5.36. The summed E-state index contributed by atoms with van der Waals surface area (Å²) in [4.78, 5) is 10.9. The van der Waals surface area contributed by atoms with Crippen LogP contribution in [0.1, 0.15) is 19.8 Å². The van der Waals surface area contributed by atoms with Crippen molar-refractivity contribution in [3.8, 4) is 0 Å². The second kappa shape index (κ2) is 2.81. The first kappa shape index (κ1) is 9.67. The number of aliphatic hydroxyl groups is 1. The van der Waals surface area contributed by atoms with Crippen molar-refractivity contribution in [1.29, 1.82) is 0 Å². The van der Waals surface area contributed by atoms with Crippen LogP contribution in [0.4, 0.5) is 0 Å². The molecule has 4 nitrogen and oxygen atoms in total. The number of carbonyl (C=O) groups excluding carboxylic acids is 1. The lowest BCUT2D eigenvalue weighted by molar-refractivity contribution is -0.135. The van der Waals surface area contributed by atoms with Crippen LogP contribution >= 0.6 is 0 Å². The third-order valence-corrected chi connectivity index (χ3v) is 3.96.